The van der Waals surface area contributed by atoms with Gasteiger partial charge in [0, 0.05) is 19.6 Å². The van der Waals surface area contributed by atoms with E-state index in [0.29, 0.717) is 11.8 Å². The van der Waals surface area contributed by atoms with Crippen molar-refractivity contribution in [1.82, 2.24) is 15.0 Å². The van der Waals surface area contributed by atoms with Crippen molar-refractivity contribution in [3.8, 4) is 0 Å². The van der Waals surface area contributed by atoms with Crippen LogP contribution < -0.4 is 0 Å². The molecule has 1 aliphatic rings. The van der Waals surface area contributed by atoms with Gasteiger partial charge in [0.1, 0.15) is 5.69 Å². The molecule has 2 rings (SSSR count). The van der Waals surface area contributed by atoms with Gasteiger partial charge in [0.05, 0.1) is 18.9 Å². The third-order valence-electron chi connectivity index (χ3n) is 3.42. The molecule has 1 unspecified atom stereocenters. The first-order chi connectivity index (χ1) is 8.26. The summed E-state index contributed by atoms with van der Waals surface area (Å²) in [6.07, 6.45) is 3.66. The Kier molecular flexibility index (Phi) is 4.12. The molecule has 0 radical (unpaired) electrons. The van der Waals surface area contributed by atoms with Crippen LogP contribution in [0.5, 0.6) is 0 Å². The molecule has 96 valence electrons. The van der Waals surface area contributed by atoms with Crippen molar-refractivity contribution in [3.63, 3.8) is 0 Å². The number of nitrogens with zero attached hydrogens (tertiary/aromatic N) is 3. The summed E-state index contributed by atoms with van der Waals surface area (Å²) in [6.45, 7) is 3.66. The van der Waals surface area contributed by atoms with Crippen molar-refractivity contribution in [1.29, 1.82) is 0 Å². The van der Waals surface area contributed by atoms with E-state index in [1.807, 2.05) is 4.68 Å². The van der Waals surface area contributed by atoms with Gasteiger partial charge in [-0.3, -0.25) is 0 Å². The maximum Gasteiger partial charge on any atom is 0.112 e. The highest BCUT2D eigenvalue weighted by molar-refractivity contribution is 5.17. The minimum atomic E-state index is -0.00943. The van der Waals surface area contributed by atoms with Gasteiger partial charge in [-0.15, -0.1) is 5.10 Å². The summed E-state index contributed by atoms with van der Waals surface area (Å²) in [4.78, 5) is 0. The predicted octanol–water partition coefficient (Wildman–Crippen LogP) is 1.32. The number of aromatic nitrogens is 3. The fourth-order valence-corrected chi connectivity index (χ4v) is 2.36. The van der Waals surface area contributed by atoms with Gasteiger partial charge in [-0.2, -0.15) is 0 Å². The maximum absolute atomic E-state index is 9.30. The molecule has 1 atom stereocenters. The zero-order chi connectivity index (χ0) is 12.3. The molecule has 1 heterocycles. The molecule has 17 heavy (non-hydrogen) atoms. The highest BCUT2D eigenvalue weighted by Crippen LogP contribution is 2.37. The molecule has 5 heteroatoms. The monoisotopic (exact) mass is 239 g/mol. The van der Waals surface area contributed by atoms with Crippen molar-refractivity contribution in [2.24, 2.45) is 5.92 Å². The van der Waals surface area contributed by atoms with Crippen LogP contribution >= 0.6 is 0 Å². The molecule has 0 aromatic carbocycles. The second kappa shape index (κ2) is 5.60. The zero-order valence-electron chi connectivity index (χ0n) is 10.6. The minimum Gasteiger partial charge on any atom is -0.390 e. The van der Waals surface area contributed by atoms with Gasteiger partial charge < -0.3 is 9.84 Å². The Morgan fingerprint density at radius 1 is 1.53 bits per heavy atom. The normalized spacial score (nSPS) is 18.1. The summed E-state index contributed by atoms with van der Waals surface area (Å²) in [5.41, 5.74) is 1.89. The Hall–Kier alpha value is -0.940. The lowest BCUT2D eigenvalue weighted by Crippen LogP contribution is -2.20. The first-order valence-electron chi connectivity index (χ1n) is 6.28. The van der Waals surface area contributed by atoms with Crippen LogP contribution in [-0.4, -0.2) is 33.8 Å². The second-order valence-corrected chi connectivity index (χ2v) is 4.95. The topological polar surface area (TPSA) is 60.2 Å². The van der Waals surface area contributed by atoms with Crippen LogP contribution in [0, 0.1) is 5.92 Å². The van der Waals surface area contributed by atoms with Gasteiger partial charge in [-0.05, 0) is 18.8 Å². The summed E-state index contributed by atoms with van der Waals surface area (Å²) >= 11 is 0. The SMILES string of the molecule is COCC(C)Cn1nnc(CO)c1C1CCC1. The number of hydrogen-bond donors (Lipinski definition) is 1. The van der Waals surface area contributed by atoms with Gasteiger partial charge in [0.2, 0.25) is 0 Å². The van der Waals surface area contributed by atoms with Crippen molar-refractivity contribution >= 4 is 0 Å². The van der Waals surface area contributed by atoms with Gasteiger partial charge in [0.25, 0.3) is 0 Å². The maximum atomic E-state index is 9.30. The highest BCUT2D eigenvalue weighted by atomic mass is 16.5. The first kappa shape index (κ1) is 12.5. The Balaban J connectivity index is 2.12. The van der Waals surface area contributed by atoms with E-state index in [2.05, 4.69) is 17.2 Å². The molecular formula is C12H21N3O2. The molecule has 1 saturated carbocycles. The number of methoxy groups -OCH3 is 1. The van der Waals surface area contributed by atoms with Crippen LogP contribution in [-0.2, 0) is 17.9 Å². The van der Waals surface area contributed by atoms with Crippen molar-refractivity contribution < 1.29 is 9.84 Å². The summed E-state index contributed by atoms with van der Waals surface area (Å²) in [6, 6.07) is 0. The van der Waals surface area contributed by atoms with E-state index in [0.717, 1.165) is 24.5 Å². The van der Waals surface area contributed by atoms with E-state index >= 15 is 0 Å². The van der Waals surface area contributed by atoms with E-state index in [1.54, 1.807) is 7.11 Å². The summed E-state index contributed by atoms with van der Waals surface area (Å²) in [7, 11) is 1.71. The van der Waals surface area contributed by atoms with Crippen molar-refractivity contribution in [3.05, 3.63) is 11.4 Å². The molecule has 1 aromatic heterocycles. The lowest BCUT2D eigenvalue weighted by molar-refractivity contribution is 0.147. The number of rotatable bonds is 6. The van der Waals surface area contributed by atoms with Crippen LogP contribution in [0.4, 0.5) is 0 Å². The smallest absolute Gasteiger partial charge is 0.112 e. The molecule has 0 bridgehead atoms. The summed E-state index contributed by atoms with van der Waals surface area (Å²) in [5, 5.41) is 17.5. The quantitative estimate of drug-likeness (QED) is 0.813. The van der Waals surface area contributed by atoms with E-state index < -0.39 is 0 Å². The lowest BCUT2D eigenvalue weighted by Gasteiger charge is -2.27. The summed E-state index contributed by atoms with van der Waals surface area (Å²) in [5.74, 6) is 0.953. The van der Waals surface area contributed by atoms with Gasteiger partial charge >= 0.3 is 0 Å². The van der Waals surface area contributed by atoms with E-state index in [4.69, 9.17) is 4.74 Å². The van der Waals surface area contributed by atoms with Crippen LogP contribution in [0.15, 0.2) is 0 Å². The van der Waals surface area contributed by atoms with E-state index in [1.165, 1.54) is 19.3 Å². The van der Waals surface area contributed by atoms with Crippen LogP contribution in [0.2, 0.25) is 0 Å². The molecule has 1 aliphatic carbocycles. The molecule has 1 fully saturated rings. The van der Waals surface area contributed by atoms with E-state index in [-0.39, 0.29) is 6.61 Å². The fraction of sp³-hybridized carbons (Fsp3) is 0.833. The number of aliphatic hydroxyl groups is 1. The third-order valence-corrected chi connectivity index (χ3v) is 3.42. The van der Waals surface area contributed by atoms with Crippen LogP contribution in [0.25, 0.3) is 0 Å². The van der Waals surface area contributed by atoms with E-state index in [9.17, 15) is 5.11 Å². The number of ether oxygens (including phenoxy) is 1. The number of hydrogen-bond acceptors (Lipinski definition) is 4. The molecule has 5 nitrogen and oxygen atoms in total. The molecule has 0 saturated heterocycles. The lowest BCUT2D eigenvalue weighted by atomic mass is 9.82. The Morgan fingerprint density at radius 3 is 2.82 bits per heavy atom. The standard InChI is InChI=1S/C12H21N3O2/c1-9(8-17-2)6-15-12(10-4-3-5-10)11(7-16)13-14-15/h9-10,16H,3-8H2,1-2H3. The highest BCUT2D eigenvalue weighted by Gasteiger charge is 2.27. The summed E-state index contributed by atoms with van der Waals surface area (Å²) < 4.78 is 7.10. The third kappa shape index (κ3) is 2.66. The number of aliphatic hydroxyl groups excluding tert-OH is 1. The molecule has 0 amide bonds. The second-order valence-electron chi connectivity index (χ2n) is 4.95. The average molecular weight is 239 g/mol. The van der Waals surface area contributed by atoms with Gasteiger partial charge in [-0.1, -0.05) is 18.6 Å². The molecule has 1 aromatic rings. The predicted molar refractivity (Wildman–Crippen MR) is 63.6 cm³/mol. The Bertz CT molecular complexity index is 361. The Morgan fingerprint density at radius 2 is 2.29 bits per heavy atom. The molecule has 0 aliphatic heterocycles. The van der Waals surface area contributed by atoms with Crippen LogP contribution in [0.1, 0.15) is 43.5 Å². The zero-order valence-corrected chi connectivity index (χ0v) is 10.6. The fourth-order valence-electron chi connectivity index (χ4n) is 2.36. The van der Waals surface area contributed by atoms with Crippen LogP contribution in [0.3, 0.4) is 0 Å². The Labute approximate surface area is 102 Å². The largest absolute Gasteiger partial charge is 0.390 e. The van der Waals surface area contributed by atoms with Gasteiger partial charge in [0.15, 0.2) is 0 Å². The average Bonchev–Trinajstić information content (AvgIpc) is 2.60. The minimum absolute atomic E-state index is 0.00943. The van der Waals surface area contributed by atoms with Crippen molar-refractivity contribution in [2.45, 2.75) is 45.3 Å². The first-order valence-corrected chi connectivity index (χ1v) is 6.28. The molecule has 1 N–H and O–H groups in total. The van der Waals surface area contributed by atoms with Gasteiger partial charge in [-0.25, -0.2) is 4.68 Å². The van der Waals surface area contributed by atoms with Crippen molar-refractivity contribution in [2.75, 3.05) is 13.7 Å². The molecular weight excluding hydrogens is 218 g/mol. The molecule has 0 spiro atoms.